The smallest absolute Gasteiger partial charge is 0.0763 e. The van der Waals surface area contributed by atoms with E-state index in [9.17, 15) is 0 Å². The Morgan fingerprint density at radius 3 is 2.27 bits per heavy atom. The van der Waals surface area contributed by atoms with Gasteiger partial charge in [0, 0.05) is 6.54 Å². The van der Waals surface area contributed by atoms with E-state index in [1.54, 1.807) is 0 Å². The van der Waals surface area contributed by atoms with Crippen molar-refractivity contribution in [1.29, 1.82) is 0 Å². The summed E-state index contributed by atoms with van der Waals surface area (Å²) in [5.74, 6) is 0. The van der Waals surface area contributed by atoms with Crippen molar-refractivity contribution in [3.05, 3.63) is 77.1 Å². The number of nitrogens with one attached hydrogen (secondary N) is 1. The summed E-state index contributed by atoms with van der Waals surface area (Å²) < 4.78 is 1.97. The number of aryl methyl sites for hydroxylation is 2. The monoisotopic (exact) mass is 291 g/mol. The van der Waals surface area contributed by atoms with Crippen LogP contribution in [0.3, 0.4) is 0 Å². The van der Waals surface area contributed by atoms with Crippen molar-refractivity contribution in [2.45, 2.75) is 27.3 Å². The third-order valence-electron chi connectivity index (χ3n) is 4.11. The third-order valence-corrected chi connectivity index (χ3v) is 4.11. The van der Waals surface area contributed by atoms with Crippen LogP contribution in [0.1, 0.15) is 22.4 Å². The van der Waals surface area contributed by atoms with Crippen molar-refractivity contribution in [2.24, 2.45) is 0 Å². The molecule has 0 saturated carbocycles. The molecule has 3 aromatic rings. The van der Waals surface area contributed by atoms with Gasteiger partial charge >= 0.3 is 0 Å². The van der Waals surface area contributed by atoms with E-state index >= 15 is 0 Å². The number of para-hydroxylation sites is 1. The van der Waals surface area contributed by atoms with Crippen LogP contribution >= 0.6 is 0 Å². The predicted octanol–water partition coefficient (Wildman–Crippen LogP) is 4.41. The average molecular weight is 291 g/mol. The van der Waals surface area contributed by atoms with Gasteiger partial charge in [0.15, 0.2) is 0 Å². The molecule has 22 heavy (non-hydrogen) atoms. The van der Waals surface area contributed by atoms with Crippen LogP contribution in [0.2, 0.25) is 0 Å². The number of aromatic nitrogens is 2. The lowest BCUT2D eigenvalue weighted by molar-refractivity contribution is 0.847. The van der Waals surface area contributed by atoms with Crippen molar-refractivity contribution in [3.63, 3.8) is 0 Å². The maximum absolute atomic E-state index is 4.50. The summed E-state index contributed by atoms with van der Waals surface area (Å²) in [5, 5.41) is 8.01. The fourth-order valence-corrected chi connectivity index (χ4v) is 2.72. The molecule has 0 saturated heterocycles. The Morgan fingerprint density at radius 2 is 1.59 bits per heavy atom. The van der Waals surface area contributed by atoms with Crippen LogP contribution in [-0.2, 0) is 6.54 Å². The van der Waals surface area contributed by atoms with Crippen LogP contribution in [0.15, 0.2) is 54.7 Å². The van der Waals surface area contributed by atoms with Crippen LogP contribution in [0.5, 0.6) is 0 Å². The minimum Gasteiger partial charge on any atom is -0.378 e. The molecular formula is C19H21N3. The maximum atomic E-state index is 4.50. The Kier molecular flexibility index (Phi) is 3.96. The average Bonchev–Trinajstić information content (AvgIpc) is 2.89. The fraction of sp³-hybridized carbons (Fsp3) is 0.211. The second-order valence-corrected chi connectivity index (χ2v) is 5.61. The van der Waals surface area contributed by atoms with Crippen molar-refractivity contribution in [3.8, 4) is 5.69 Å². The Hall–Kier alpha value is -2.55. The second-order valence-electron chi connectivity index (χ2n) is 5.61. The van der Waals surface area contributed by atoms with Crippen molar-refractivity contribution < 1.29 is 0 Å². The van der Waals surface area contributed by atoms with Gasteiger partial charge in [-0.15, -0.1) is 0 Å². The number of nitrogens with zero attached hydrogens (tertiary/aromatic N) is 2. The van der Waals surface area contributed by atoms with Crippen LogP contribution in [0.4, 0.5) is 5.69 Å². The lowest BCUT2D eigenvalue weighted by atomic mass is 10.0. The third kappa shape index (κ3) is 2.75. The molecule has 1 N–H and O–H groups in total. The molecule has 0 spiro atoms. The lowest BCUT2D eigenvalue weighted by Crippen LogP contribution is -2.05. The maximum Gasteiger partial charge on any atom is 0.0763 e. The predicted molar refractivity (Wildman–Crippen MR) is 91.5 cm³/mol. The molecule has 2 aromatic carbocycles. The number of hydrogen-bond acceptors (Lipinski definition) is 2. The molecule has 0 aliphatic heterocycles. The summed E-state index contributed by atoms with van der Waals surface area (Å²) in [6.45, 7) is 7.22. The Bertz CT molecular complexity index is 752. The molecule has 0 bridgehead atoms. The molecule has 3 rings (SSSR count). The van der Waals surface area contributed by atoms with E-state index in [-0.39, 0.29) is 0 Å². The molecule has 3 heteroatoms. The molecule has 0 fully saturated rings. The van der Waals surface area contributed by atoms with E-state index < -0.39 is 0 Å². The Labute approximate surface area is 131 Å². The molecule has 0 amide bonds. The number of anilines is 1. The van der Waals surface area contributed by atoms with Crippen LogP contribution < -0.4 is 5.32 Å². The summed E-state index contributed by atoms with van der Waals surface area (Å²) in [6.07, 6.45) is 1.90. The summed E-state index contributed by atoms with van der Waals surface area (Å²) >= 11 is 0. The van der Waals surface area contributed by atoms with E-state index in [1.165, 1.54) is 16.7 Å². The zero-order chi connectivity index (χ0) is 15.5. The molecule has 0 atom stereocenters. The highest BCUT2D eigenvalue weighted by molar-refractivity contribution is 5.50. The molecule has 112 valence electrons. The molecule has 0 aliphatic carbocycles. The van der Waals surface area contributed by atoms with Gasteiger partial charge in [0.05, 0.1) is 23.3 Å². The van der Waals surface area contributed by atoms with Crippen LogP contribution in [-0.4, -0.2) is 9.78 Å². The first-order valence-corrected chi connectivity index (χ1v) is 7.56. The summed E-state index contributed by atoms with van der Waals surface area (Å²) in [4.78, 5) is 0. The van der Waals surface area contributed by atoms with E-state index in [0.29, 0.717) is 0 Å². The molecule has 0 radical (unpaired) electrons. The number of benzene rings is 2. The molecule has 1 aromatic heterocycles. The van der Waals surface area contributed by atoms with Crippen LogP contribution in [0, 0.1) is 20.8 Å². The highest BCUT2D eigenvalue weighted by Gasteiger charge is 2.08. The Balaban J connectivity index is 1.81. The van der Waals surface area contributed by atoms with Gasteiger partial charge in [-0.25, -0.2) is 4.68 Å². The molecule has 3 nitrogen and oxygen atoms in total. The Morgan fingerprint density at radius 1 is 0.909 bits per heavy atom. The normalized spacial score (nSPS) is 10.7. The van der Waals surface area contributed by atoms with Gasteiger partial charge in [-0.05, 0) is 49.6 Å². The second kappa shape index (κ2) is 6.06. The summed E-state index contributed by atoms with van der Waals surface area (Å²) in [5.41, 5.74) is 7.28. The topological polar surface area (TPSA) is 29.9 Å². The summed E-state index contributed by atoms with van der Waals surface area (Å²) in [6, 6.07) is 16.6. The molecule has 0 aliphatic rings. The zero-order valence-corrected chi connectivity index (χ0v) is 13.3. The minimum atomic E-state index is 0.819. The first-order chi connectivity index (χ1) is 10.7. The van der Waals surface area contributed by atoms with Gasteiger partial charge in [0.25, 0.3) is 0 Å². The van der Waals surface area contributed by atoms with Crippen molar-refractivity contribution >= 4 is 5.69 Å². The van der Waals surface area contributed by atoms with E-state index in [2.05, 4.69) is 61.5 Å². The molecular weight excluding hydrogens is 270 g/mol. The first kappa shape index (κ1) is 14.4. The lowest BCUT2D eigenvalue weighted by Gasteiger charge is -2.12. The van der Waals surface area contributed by atoms with E-state index in [1.807, 2.05) is 29.1 Å². The number of rotatable bonds is 4. The van der Waals surface area contributed by atoms with E-state index in [4.69, 9.17) is 0 Å². The standard InChI is InChI=1S/C19H21N3/c1-14-8-7-9-15(2)18(14)12-20-19-13-21-22(16(19)3)17-10-5-4-6-11-17/h4-11,13,20H,12H2,1-3H3. The van der Waals surface area contributed by atoms with Gasteiger partial charge in [0.1, 0.15) is 0 Å². The fourth-order valence-electron chi connectivity index (χ4n) is 2.72. The van der Waals surface area contributed by atoms with Gasteiger partial charge < -0.3 is 5.32 Å². The molecule has 0 unspecified atom stereocenters. The highest BCUT2D eigenvalue weighted by Crippen LogP contribution is 2.20. The largest absolute Gasteiger partial charge is 0.378 e. The van der Waals surface area contributed by atoms with E-state index in [0.717, 1.165) is 23.6 Å². The van der Waals surface area contributed by atoms with Gasteiger partial charge in [-0.1, -0.05) is 36.4 Å². The van der Waals surface area contributed by atoms with Crippen molar-refractivity contribution in [1.82, 2.24) is 9.78 Å². The van der Waals surface area contributed by atoms with Gasteiger partial charge in [-0.3, -0.25) is 0 Å². The highest BCUT2D eigenvalue weighted by atomic mass is 15.3. The summed E-state index contributed by atoms with van der Waals surface area (Å²) in [7, 11) is 0. The van der Waals surface area contributed by atoms with Crippen LogP contribution in [0.25, 0.3) is 5.69 Å². The minimum absolute atomic E-state index is 0.819. The number of hydrogen-bond donors (Lipinski definition) is 1. The van der Waals surface area contributed by atoms with Crippen molar-refractivity contribution in [2.75, 3.05) is 5.32 Å². The van der Waals surface area contributed by atoms with Gasteiger partial charge in [-0.2, -0.15) is 5.10 Å². The zero-order valence-electron chi connectivity index (χ0n) is 13.3. The molecule has 1 heterocycles. The quantitative estimate of drug-likeness (QED) is 0.771. The first-order valence-electron chi connectivity index (χ1n) is 7.56. The van der Waals surface area contributed by atoms with Gasteiger partial charge in [0.2, 0.25) is 0 Å². The SMILES string of the molecule is Cc1cccc(C)c1CNc1cnn(-c2ccccc2)c1C.